The molecular weight excluding hydrogens is 449 g/mol. The van der Waals surface area contributed by atoms with Crippen LogP contribution in [0.3, 0.4) is 0 Å². The Morgan fingerprint density at radius 3 is 2.36 bits per heavy atom. The van der Waals surface area contributed by atoms with Gasteiger partial charge in [0.25, 0.3) is 0 Å². The summed E-state index contributed by atoms with van der Waals surface area (Å²) in [6.45, 7) is 5.68. The first kappa shape index (κ1) is 25.5. The molecule has 0 bridgehead atoms. The van der Waals surface area contributed by atoms with Gasteiger partial charge in [-0.05, 0) is 74.2 Å². The first-order valence-electron chi connectivity index (χ1n) is 11.5. The minimum atomic E-state index is -4.35. The lowest BCUT2D eigenvalue weighted by Gasteiger charge is -2.21. The van der Waals surface area contributed by atoms with Crippen molar-refractivity contribution >= 4 is 21.6 Å². The van der Waals surface area contributed by atoms with Crippen LogP contribution in [0, 0.1) is 0 Å². The van der Waals surface area contributed by atoms with Gasteiger partial charge in [0.15, 0.2) is 0 Å². The monoisotopic (exact) mass is 480 g/mol. The van der Waals surface area contributed by atoms with Crippen LogP contribution in [0.2, 0.25) is 0 Å². The van der Waals surface area contributed by atoms with E-state index in [0.29, 0.717) is 24.4 Å². The van der Waals surface area contributed by atoms with Gasteiger partial charge in [0.1, 0.15) is 5.75 Å². The van der Waals surface area contributed by atoms with Gasteiger partial charge in [0, 0.05) is 17.5 Å². The van der Waals surface area contributed by atoms with E-state index in [9.17, 15) is 18.3 Å². The van der Waals surface area contributed by atoms with Gasteiger partial charge in [-0.25, -0.2) is 0 Å². The van der Waals surface area contributed by atoms with E-state index in [4.69, 9.17) is 4.74 Å². The number of nitrogens with zero attached hydrogens (tertiary/aromatic N) is 2. The molecule has 0 aliphatic carbocycles. The fourth-order valence-electron chi connectivity index (χ4n) is 3.72. The zero-order valence-corrected chi connectivity index (χ0v) is 19.7. The minimum Gasteiger partial charge on any atom is -0.494 e. The van der Waals surface area contributed by atoms with E-state index in [0.717, 1.165) is 60.3 Å². The van der Waals surface area contributed by atoms with Crippen LogP contribution >= 0.6 is 11.5 Å². The molecule has 8 heteroatoms. The molecule has 0 unspecified atom stereocenters. The molecule has 0 aliphatic rings. The number of halogens is 3. The number of unbranched alkanes of at least 4 members (excludes halogenated alkanes) is 3. The maximum Gasteiger partial charge on any atom is 0.416 e. The number of aromatic nitrogens is 1. The van der Waals surface area contributed by atoms with Crippen molar-refractivity contribution in [2.75, 3.05) is 32.8 Å². The van der Waals surface area contributed by atoms with Crippen LogP contribution in [0.25, 0.3) is 21.3 Å². The van der Waals surface area contributed by atoms with Crippen LogP contribution < -0.4 is 4.74 Å². The second-order valence-corrected chi connectivity index (χ2v) is 8.90. The van der Waals surface area contributed by atoms with Crippen LogP contribution in [0.4, 0.5) is 13.2 Å². The Hall–Kier alpha value is -2.16. The topological polar surface area (TPSA) is 45.6 Å². The number of ether oxygens (including phenoxy) is 1. The van der Waals surface area contributed by atoms with Gasteiger partial charge < -0.3 is 14.7 Å². The molecule has 1 aromatic heterocycles. The second-order valence-electron chi connectivity index (χ2n) is 8.09. The largest absolute Gasteiger partial charge is 0.494 e. The third-order valence-corrected chi connectivity index (χ3v) is 6.37. The molecule has 4 nitrogen and oxygen atoms in total. The van der Waals surface area contributed by atoms with Crippen LogP contribution in [0.5, 0.6) is 5.75 Å². The summed E-state index contributed by atoms with van der Waals surface area (Å²) in [6.07, 6.45) is 1.15. The highest BCUT2D eigenvalue weighted by atomic mass is 32.1. The van der Waals surface area contributed by atoms with Crippen LogP contribution in [0.15, 0.2) is 42.5 Å². The molecule has 0 radical (unpaired) electrons. The number of aliphatic hydroxyl groups excluding tert-OH is 1. The Morgan fingerprint density at radius 2 is 1.70 bits per heavy atom. The van der Waals surface area contributed by atoms with Crippen molar-refractivity contribution in [3.8, 4) is 17.0 Å². The van der Waals surface area contributed by atoms with E-state index in [1.807, 2.05) is 18.2 Å². The molecule has 2 aromatic carbocycles. The molecule has 0 aliphatic heterocycles. The van der Waals surface area contributed by atoms with Crippen molar-refractivity contribution in [2.45, 2.75) is 45.2 Å². The molecular formula is C25H31F3N2O2S. The Balaban J connectivity index is 1.52. The summed E-state index contributed by atoms with van der Waals surface area (Å²) in [5, 5.41) is 10.1. The summed E-state index contributed by atoms with van der Waals surface area (Å²) in [7, 11) is 0. The normalized spacial score (nSPS) is 12.1. The van der Waals surface area contributed by atoms with Crippen LogP contribution in [-0.4, -0.2) is 47.2 Å². The number of benzene rings is 2. The summed E-state index contributed by atoms with van der Waals surface area (Å²) in [5.74, 6) is 0.764. The number of rotatable bonds is 13. The average molecular weight is 481 g/mol. The fourth-order valence-corrected chi connectivity index (χ4v) is 4.55. The van der Waals surface area contributed by atoms with Gasteiger partial charge in [-0.1, -0.05) is 31.9 Å². The number of alkyl halides is 3. The minimum absolute atomic E-state index is 0.186. The Kier molecular flexibility index (Phi) is 9.52. The van der Waals surface area contributed by atoms with Crippen molar-refractivity contribution in [3.05, 3.63) is 48.0 Å². The van der Waals surface area contributed by atoms with E-state index in [1.165, 1.54) is 36.5 Å². The average Bonchev–Trinajstić information content (AvgIpc) is 3.22. The van der Waals surface area contributed by atoms with E-state index < -0.39 is 11.7 Å². The fraction of sp³-hybridized carbons (Fsp3) is 0.480. The zero-order chi connectivity index (χ0) is 23.7. The lowest BCUT2D eigenvalue weighted by Crippen LogP contribution is -2.29. The van der Waals surface area contributed by atoms with E-state index in [1.54, 1.807) is 0 Å². The van der Waals surface area contributed by atoms with Gasteiger partial charge in [-0.2, -0.15) is 17.5 Å². The molecule has 0 fully saturated rings. The van der Waals surface area contributed by atoms with E-state index in [2.05, 4.69) is 16.2 Å². The second kappa shape index (κ2) is 12.3. The summed E-state index contributed by atoms with van der Waals surface area (Å²) in [5.41, 5.74) is 0.679. The Morgan fingerprint density at radius 1 is 0.970 bits per heavy atom. The molecule has 0 saturated carbocycles. The SMILES string of the molecule is CCCCCN(CCO)CCCCOc1ccc2c(-c3ccc(C(F)(F)F)cc3)nsc2c1. The summed E-state index contributed by atoms with van der Waals surface area (Å²) in [6, 6.07) is 10.8. The third-order valence-electron chi connectivity index (χ3n) is 5.56. The van der Waals surface area contributed by atoms with Crippen molar-refractivity contribution in [1.29, 1.82) is 0 Å². The van der Waals surface area contributed by atoms with Crippen molar-refractivity contribution < 1.29 is 23.0 Å². The first-order valence-corrected chi connectivity index (χ1v) is 12.2. The quantitative estimate of drug-likeness (QED) is 0.279. The molecule has 3 aromatic rings. The van der Waals surface area contributed by atoms with Crippen molar-refractivity contribution in [2.24, 2.45) is 0 Å². The smallest absolute Gasteiger partial charge is 0.416 e. The number of hydrogen-bond acceptors (Lipinski definition) is 5. The van der Waals surface area contributed by atoms with Crippen molar-refractivity contribution in [3.63, 3.8) is 0 Å². The number of hydrogen-bond donors (Lipinski definition) is 1. The van der Waals surface area contributed by atoms with Gasteiger partial charge in [0.05, 0.1) is 29.2 Å². The maximum absolute atomic E-state index is 12.8. The molecule has 0 spiro atoms. The van der Waals surface area contributed by atoms with Crippen LogP contribution in [-0.2, 0) is 6.18 Å². The lowest BCUT2D eigenvalue weighted by molar-refractivity contribution is -0.137. The highest BCUT2D eigenvalue weighted by Gasteiger charge is 2.30. The molecule has 180 valence electrons. The molecule has 1 heterocycles. The third kappa shape index (κ3) is 7.42. The van der Waals surface area contributed by atoms with E-state index in [-0.39, 0.29) is 6.61 Å². The highest BCUT2D eigenvalue weighted by molar-refractivity contribution is 7.13. The summed E-state index contributed by atoms with van der Waals surface area (Å²) in [4.78, 5) is 2.31. The molecule has 0 atom stereocenters. The standard InChI is InChI=1S/C25H31F3N2O2S/c1-2-3-4-13-30(15-16-31)14-5-6-17-32-21-11-12-22-23(18-21)33-29-24(22)19-7-9-20(10-8-19)25(26,27)28/h7-12,18,31H,2-6,13-17H2,1H3. The Labute approximate surface area is 197 Å². The molecule has 3 rings (SSSR count). The van der Waals surface area contributed by atoms with Gasteiger partial charge in [-0.15, -0.1) is 0 Å². The first-order chi connectivity index (χ1) is 15.9. The zero-order valence-electron chi connectivity index (χ0n) is 18.9. The number of fused-ring (bicyclic) bond motifs is 1. The lowest BCUT2D eigenvalue weighted by atomic mass is 10.1. The maximum atomic E-state index is 12.8. The van der Waals surface area contributed by atoms with Gasteiger partial charge in [-0.3, -0.25) is 0 Å². The van der Waals surface area contributed by atoms with Crippen LogP contribution in [0.1, 0.15) is 44.6 Å². The predicted molar refractivity (Wildman–Crippen MR) is 128 cm³/mol. The van der Waals surface area contributed by atoms with E-state index >= 15 is 0 Å². The van der Waals surface area contributed by atoms with Gasteiger partial charge >= 0.3 is 6.18 Å². The predicted octanol–water partition coefficient (Wildman–Crippen LogP) is 6.63. The van der Waals surface area contributed by atoms with Gasteiger partial charge in [0.2, 0.25) is 0 Å². The Bertz CT molecular complexity index is 989. The molecule has 33 heavy (non-hydrogen) atoms. The molecule has 1 N–H and O–H groups in total. The summed E-state index contributed by atoms with van der Waals surface area (Å²) < 4.78 is 49.7. The molecule has 0 amide bonds. The summed E-state index contributed by atoms with van der Waals surface area (Å²) >= 11 is 1.31. The molecule has 0 saturated heterocycles. The van der Waals surface area contributed by atoms with Crippen molar-refractivity contribution in [1.82, 2.24) is 9.27 Å². The highest BCUT2D eigenvalue weighted by Crippen LogP contribution is 2.35. The number of aliphatic hydroxyl groups is 1.